The van der Waals surface area contributed by atoms with Crippen molar-refractivity contribution in [3.63, 3.8) is 0 Å². The molecule has 9 heteroatoms. The van der Waals surface area contributed by atoms with Crippen molar-refractivity contribution < 1.29 is 19.2 Å². The molecular weight excluding hydrogens is 376 g/mol. The molecule has 146 valence electrons. The quantitative estimate of drug-likeness (QED) is 0.470. The van der Waals surface area contributed by atoms with Crippen LogP contribution in [-0.2, 0) is 4.79 Å². The van der Waals surface area contributed by atoms with E-state index >= 15 is 0 Å². The topological polar surface area (TPSA) is 123 Å². The number of nitrogens with one attached hydrogen (secondary N) is 2. The van der Waals surface area contributed by atoms with E-state index < -0.39 is 16.7 Å². The van der Waals surface area contributed by atoms with Gasteiger partial charge >= 0.3 is 0 Å². The van der Waals surface area contributed by atoms with E-state index in [0.29, 0.717) is 17.3 Å². The molecular formula is C20H16N4O5. The van der Waals surface area contributed by atoms with Crippen LogP contribution in [0.2, 0.25) is 0 Å². The number of amides is 2. The lowest BCUT2D eigenvalue weighted by molar-refractivity contribution is -0.384. The zero-order chi connectivity index (χ0) is 20.6. The van der Waals surface area contributed by atoms with Crippen LogP contribution in [0.15, 0.2) is 72.9 Å². The van der Waals surface area contributed by atoms with Gasteiger partial charge in [0.2, 0.25) is 0 Å². The minimum absolute atomic E-state index is 0.0744. The Morgan fingerprint density at radius 2 is 1.69 bits per heavy atom. The summed E-state index contributed by atoms with van der Waals surface area (Å²) < 4.78 is 5.33. The molecule has 29 heavy (non-hydrogen) atoms. The molecule has 3 rings (SSSR count). The summed E-state index contributed by atoms with van der Waals surface area (Å²) in [4.78, 5) is 38.9. The Morgan fingerprint density at radius 1 is 0.966 bits per heavy atom. The highest BCUT2D eigenvalue weighted by Crippen LogP contribution is 2.19. The summed E-state index contributed by atoms with van der Waals surface area (Å²) in [7, 11) is 0. The van der Waals surface area contributed by atoms with Crippen molar-refractivity contribution in [2.45, 2.75) is 0 Å². The molecule has 0 bridgehead atoms. The maximum Gasteiger partial charge on any atom is 0.269 e. The Labute approximate surface area is 165 Å². The summed E-state index contributed by atoms with van der Waals surface area (Å²) in [6, 6.07) is 17.0. The lowest BCUT2D eigenvalue weighted by atomic mass is 10.1. The molecule has 0 radical (unpaired) electrons. The second-order valence-corrected chi connectivity index (χ2v) is 5.80. The van der Waals surface area contributed by atoms with Crippen molar-refractivity contribution in [1.29, 1.82) is 0 Å². The molecule has 0 aliphatic carbocycles. The number of anilines is 2. The smallest absolute Gasteiger partial charge is 0.269 e. The Bertz CT molecular complexity index is 1020. The van der Waals surface area contributed by atoms with Crippen LogP contribution in [0.1, 0.15) is 10.4 Å². The van der Waals surface area contributed by atoms with Gasteiger partial charge in [-0.05, 0) is 36.4 Å². The van der Waals surface area contributed by atoms with E-state index in [4.69, 9.17) is 4.74 Å². The van der Waals surface area contributed by atoms with Crippen LogP contribution in [0.5, 0.6) is 5.75 Å². The number of non-ortho nitro benzene ring substituents is 1. The second-order valence-electron chi connectivity index (χ2n) is 5.80. The maximum atomic E-state index is 12.5. The zero-order valence-corrected chi connectivity index (χ0v) is 15.1. The van der Waals surface area contributed by atoms with Crippen molar-refractivity contribution in [1.82, 2.24) is 4.98 Å². The fourth-order valence-electron chi connectivity index (χ4n) is 2.41. The van der Waals surface area contributed by atoms with Crippen molar-refractivity contribution in [3.8, 4) is 5.75 Å². The SMILES string of the molecule is O=C(COc1ccc([N+](=O)[O-])cc1)Nc1ccccc1C(=O)Nc1ccccn1. The number of benzene rings is 2. The third-order valence-electron chi connectivity index (χ3n) is 3.77. The first-order valence-corrected chi connectivity index (χ1v) is 8.51. The molecule has 0 aliphatic rings. The van der Waals surface area contributed by atoms with Crippen LogP contribution in [0, 0.1) is 10.1 Å². The highest BCUT2D eigenvalue weighted by molar-refractivity contribution is 6.09. The summed E-state index contributed by atoms with van der Waals surface area (Å²) in [5, 5.41) is 15.9. The summed E-state index contributed by atoms with van der Waals surface area (Å²) in [5.74, 6) is -0.204. The number of ether oxygens (including phenoxy) is 1. The van der Waals surface area contributed by atoms with Crippen LogP contribution >= 0.6 is 0 Å². The number of carbonyl (C=O) groups excluding carboxylic acids is 2. The van der Waals surface area contributed by atoms with Gasteiger partial charge in [-0.3, -0.25) is 19.7 Å². The van der Waals surface area contributed by atoms with E-state index in [1.54, 1.807) is 48.7 Å². The molecule has 0 saturated heterocycles. The molecule has 0 unspecified atom stereocenters. The van der Waals surface area contributed by atoms with E-state index in [2.05, 4.69) is 15.6 Å². The first-order valence-electron chi connectivity index (χ1n) is 8.51. The Balaban J connectivity index is 1.61. The fraction of sp³-hybridized carbons (Fsp3) is 0.0500. The van der Waals surface area contributed by atoms with E-state index in [1.165, 1.54) is 24.3 Å². The van der Waals surface area contributed by atoms with Gasteiger partial charge in [0.1, 0.15) is 11.6 Å². The molecule has 0 saturated carbocycles. The van der Waals surface area contributed by atoms with Gasteiger partial charge in [0.25, 0.3) is 17.5 Å². The number of nitro groups is 1. The Hall–Kier alpha value is -4.27. The molecule has 0 atom stereocenters. The molecule has 9 nitrogen and oxygen atoms in total. The summed E-state index contributed by atoms with van der Waals surface area (Å²) in [6.07, 6.45) is 1.55. The van der Waals surface area contributed by atoms with Gasteiger partial charge in [-0.25, -0.2) is 4.98 Å². The minimum atomic E-state index is -0.524. The van der Waals surface area contributed by atoms with Crippen molar-refractivity contribution in [3.05, 3.63) is 88.6 Å². The first kappa shape index (κ1) is 19.5. The minimum Gasteiger partial charge on any atom is -0.484 e. The molecule has 2 aromatic carbocycles. The largest absolute Gasteiger partial charge is 0.484 e. The van der Waals surface area contributed by atoms with Crippen molar-refractivity contribution in [2.24, 2.45) is 0 Å². The van der Waals surface area contributed by atoms with Crippen LogP contribution in [-0.4, -0.2) is 28.3 Å². The van der Waals surface area contributed by atoms with Gasteiger partial charge in [0.05, 0.1) is 16.2 Å². The number of rotatable bonds is 7. The predicted molar refractivity (Wildman–Crippen MR) is 106 cm³/mol. The van der Waals surface area contributed by atoms with Gasteiger partial charge in [-0.2, -0.15) is 0 Å². The third-order valence-corrected chi connectivity index (χ3v) is 3.77. The number of pyridine rings is 1. The summed E-state index contributed by atoms with van der Waals surface area (Å²) >= 11 is 0. The second kappa shape index (κ2) is 9.09. The normalized spacial score (nSPS) is 10.1. The molecule has 0 fully saturated rings. The first-order chi connectivity index (χ1) is 14.0. The standard InChI is InChI=1S/C20H16N4O5/c25-19(13-29-15-10-8-14(9-11-15)24(27)28)22-17-6-2-1-5-16(17)20(26)23-18-7-3-4-12-21-18/h1-12H,13H2,(H,22,25)(H,21,23,26). The molecule has 2 amide bonds. The van der Waals surface area contributed by atoms with Crippen molar-refractivity contribution in [2.75, 3.05) is 17.2 Å². The van der Waals surface area contributed by atoms with E-state index in [1.807, 2.05) is 0 Å². The average Bonchev–Trinajstić information content (AvgIpc) is 2.73. The monoisotopic (exact) mass is 392 g/mol. The van der Waals surface area contributed by atoms with E-state index in [9.17, 15) is 19.7 Å². The van der Waals surface area contributed by atoms with E-state index in [-0.39, 0.29) is 17.9 Å². The zero-order valence-electron chi connectivity index (χ0n) is 15.1. The number of carbonyl (C=O) groups is 2. The Morgan fingerprint density at radius 3 is 2.38 bits per heavy atom. The van der Waals surface area contributed by atoms with Gasteiger partial charge in [-0.1, -0.05) is 18.2 Å². The number of hydrogen-bond donors (Lipinski definition) is 2. The summed E-state index contributed by atoms with van der Waals surface area (Å²) in [5.41, 5.74) is 0.509. The fourth-order valence-corrected chi connectivity index (χ4v) is 2.41. The Kier molecular flexibility index (Phi) is 6.11. The maximum absolute atomic E-state index is 12.5. The molecule has 1 aromatic heterocycles. The van der Waals surface area contributed by atoms with Crippen LogP contribution in [0.4, 0.5) is 17.2 Å². The van der Waals surface area contributed by atoms with Crippen LogP contribution in [0.3, 0.4) is 0 Å². The molecule has 0 spiro atoms. The van der Waals surface area contributed by atoms with Gasteiger partial charge in [0, 0.05) is 18.3 Å². The molecule has 2 N–H and O–H groups in total. The molecule has 1 heterocycles. The number of nitrogens with zero attached hydrogens (tertiary/aromatic N) is 2. The summed E-state index contributed by atoms with van der Waals surface area (Å²) in [6.45, 7) is -0.325. The average molecular weight is 392 g/mol. The van der Waals surface area contributed by atoms with Gasteiger partial charge < -0.3 is 15.4 Å². The third kappa shape index (κ3) is 5.36. The molecule has 0 aliphatic heterocycles. The van der Waals surface area contributed by atoms with Crippen LogP contribution < -0.4 is 15.4 Å². The number of nitro benzene ring substituents is 1. The molecule has 3 aromatic rings. The lowest BCUT2D eigenvalue weighted by Gasteiger charge is -2.11. The highest BCUT2D eigenvalue weighted by atomic mass is 16.6. The number of aromatic nitrogens is 1. The van der Waals surface area contributed by atoms with Gasteiger partial charge in [0.15, 0.2) is 6.61 Å². The predicted octanol–water partition coefficient (Wildman–Crippen LogP) is 3.26. The highest BCUT2D eigenvalue weighted by Gasteiger charge is 2.14. The number of hydrogen-bond acceptors (Lipinski definition) is 6. The number of para-hydroxylation sites is 1. The van der Waals surface area contributed by atoms with E-state index in [0.717, 1.165) is 0 Å². The van der Waals surface area contributed by atoms with Crippen LogP contribution in [0.25, 0.3) is 0 Å². The van der Waals surface area contributed by atoms with Gasteiger partial charge in [-0.15, -0.1) is 0 Å². The lowest BCUT2D eigenvalue weighted by Crippen LogP contribution is -2.23. The van der Waals surface area contributed by atoms with Crippen molar-refractivity contribution >= 4 is 29.0 Å².